The molecule has 0 spiro atoms. The minimum atomic E-state index is -0.512. The maximum absolute atomic E-state index is 10.5. The second-order valence-electron chi connectivity index (χ2n) is 5.22. The molecular formula is C13H21ClN2O2. The maximum Gasteiger partial charge on any atom is 0.0999 e. The van der Waals surface area contributed by atoms with Crippen molar-refractivity contribution >= 4 is 11.6 Å². The zero-order valence-electron chi connectivity index (χ0n) is 11.0. The molecule has 1 N–H and O–H groups in total. The number of halogens is 1. The zero-order valence-corrected chi connectivity index (χ0v) is 11.7. The number of hydrogen-bond donors (Lipinski definition) is 1. The Balaban J connectivity index is 2.13. The number of nitrogens with zero attached hydrogens (tertiary/aromatic N) is 2. The van der Waals surface area contributed by atoms with Gasteiger partial charge in [0.25, 0.3) is 0 Å². The first-order valence-electron chi connectivity index (χ1n) is 6.51. The van der Waals surface area contributed by atoms with Crippen LogP contribution in [0.25, 0.3) is 0 Å². The van der Waals surface area contributed by atoms with Crippen LogP contribution < -0.4 is 0 Å². The summed E-state index contributed by atoms with van der Waals surface area (Å²) in [6.45, 7) is 3.42. The average Bonchev–Trinajstić information content (AvgIpc) is 2.92. The van der Waals surface area contributed by atoms with E-state index in [2.05, 4.69) is 12.0 Å². The molecule has 3 unspecified atom stereocenters. The van der Waals surface area contributed by atoms with Crippen LogP contribution in [0.2, 0.25) is 5.02 Å². The molecule has 1 aromatic rings. The first-order chi connectivity index (χ1) is 8.63. The molecule has 1 heterocycles. The Morgan fingerprint density at radius 3 is 3.00 bits per heavy atom. The number of aromatic nitrogens is 2. The van der Waals surface area contributed by atoms with E-state index in [9.17, 15) is 5.11 Å². The predicted octanol–water partition coefficient (Wildman–Crippen LogP) is 2.65. The number of aliphatic hydroxyl groups excluding tert-OH is 1. The third kappa shape index (κ3) is 2.87. The van der Waals surface area contributed by atoms with Crippen molar-refractivity contribution in [3.05, 3.63) is 16.9 Å². The van der Waals surface area contributed by atoms with E-state index in [0.29, 0.717) is 30.0 Å². The van der Waals surface area contributed by atoms with Crippen molar-refractivity contribution in [2.45, 2.75) is 38.8 Å². The summed E-state index contributed by atoms with van der Waals surface area (Å²) in [6.07, 6.45) is 4.41. The lowest BCUT2D eigenvalue weighted by Crippen LogP contribution is -2.17. The number of rotatable bonds is 5. The van der Waals surface area contributed by atoms with Gasteiger partial charge in [0, 0.05) is 7.11 Å². The number of aliphatic hydroxyl groups is 1. The number of ether oxygens (including phenoxy) is 1. The fourth-order valence-corrected chi connectivity index (χ4v) is 3.04. The van der Waals surface area contributed by atoms with E-state index in [0.717, 1.165) is 18.5 Å². The van der Waals surface area contributed by atoms with E-state index in [1.807, 2.05) is 0 Å². The van der Waals surface area contributed by atoms with Crippen LogP contribution in [0.4, 0.5) is 0 Å². The Hall–Kier alpha value is -0.580. The highest BCUT2D eigenvalue weighted by molar-refractivity contribution is 6.31. The molecular weight excluding hydrogens is 252 g/mol. The van der Waals surface area contributed by atoms with Gasteiger partial charge in [0.15, 0.2) is 0 Å². The van der Waals surface area contributed by atoms with Crippen LogP contribution in [0.15, 0.2) is 6.20 Å². The molecule has 0 aliphatic heterocycles. The molecule has 4 nitrogen and oxygen atoms in total. The molecule has 1 aliphatic carbocycles. The van der Waals surface area contributed by atoms with Crippen molar-refractivity contribution in [3.63, 3.8) is 0 Å². The van der Waals surface area contributed by atoms with Gasteiger partial charge in [-0.2, -0.15) is 5.10 Å². The molecule has 2 rings (SSSR count). The lowest BCUT2D eigenvalue weighted by Gasteiger charge is -2.20. The van der Waals surface area contributed by atoms with Gasteiger partial charge in [-0.05, 0) is 24.7 Å². The molecule has 0 aromatic carbocycles. The summed E-state index contributed by atoms with van der Waals surface area (Å²) in [5, 5.41) is 15.3. The summed E-state index contributed by atoms with van der Waals surface area (Å²) < 4.78 is 6.81. The van der Waals surface area contributed by atoms with Crippen LogP contribution in [0.3, 0.4) is 0 Å². The van der Waals surface area contributed by atoms with Crippen molar-refractivity contribution < 1.29 is 9.84 Å². The second kappa shape index (κ2) is 6.04. The van der Waals surface area contributed by atoms with E-state index in [-0.39, 0.29) is 0 Å². The van der Waals surface area contributed by atoms with Crippen LogP contribution in [0.5, 0.6) is 0 Å². The summed E-state index contributed by atoms with van der Waals surface area (Å²) in [4.78, 5) is 0. The van der Waals surface area contributed by atoms with Crippen LogP contribution in [0, 0.1) is 11.8 Å². The van der Waals surface area contributed by atoms with Gasteiger partial charge in [0.05, 0.1) is 36.2 Å². The van der Waals surface area contributed by atoms with Gasteiger partial charge in [-0.25, -0.2) is 0 Å². The molecule has 0 bridgehead atoms. The molecule has 1 fully saturated rings. The quantitative estimate of drug-likeness (QED) is 0.896. The van der Waals surface area contributed by atoms with Crippen LogP contribution in [-0.4, -0.2) is 28.6 Å². The smallest absolute Gasteiger partial charge is 0.0999 e. The molecule has 102 valence electrons. The largest absolute Gasteiger partial charge is 0.386 e. The van der Waals surface area contributed by atoms with Crippen LogP contribution >= 0.6 is 11.6 Å². The van der Waals surface area contributed by atoms with Gasteiger partial charge in [-0.1, -0.05) is 24.9 Å². The van der Waals surface area contributed by atoms with Crippen molar-refractivity contribution in [2.75, 3.05) is 13.7 Å². The van der Waals surface area contributed by atoms with E-state index < -0.39 is 6.10 Å². The Bertz CT molecular complexity index is 394. The summed E-state index contributed by atoms with van der Waals surface area (Å²) in [5.41, 5.74) is 0.743. The minimum absolute atomic E-state index is 0.301. The first-order valence-corrected chi connectivity index (χ1v) is 6.89. The summed E-state index contributed by atoms with van der Waals surface area (Å²) in [6, 6.07) is 0. The summed E-state index contributed by atoms with van der Waals surface area (Å²) in [7, 11) is 1.65. The standard InChI is InChI=1S/C13H21ClN2O2/c1-9-3-4-10(7-9)13(17)12-11(14)8-15-16(12)5-6-18-2/h8-10,13,17H,3-7H2,1-2H3. The van der Waals surface area contributed by atoms with Crippen molar-refractivity contribution in [3.8, 4) is 0 Å². The highest BCUT2D eigenvalue weighted by atomic mass is 35.5. The molecule has 1 aliphatic rings. The Morgan fingerprint density at radius 2 is 2.39 bits per heavy atom. The van der Waals surface area contributed by atoms with E-state index >= 15 is 0 Å². The fourth-order valence-electron chi connectivity index (χ4n) is 2.78. The van der Waals surface area contributed by atoms with Gasteiger partial charge in [0.1, 0.15) is 0 Å². The van der Waals surface area contributed by atoms with Gasteiger partial charge in [0.2, 0.25) is 0 Å². The number of methoxy groups -OCH3 is 1. The zero-order chi connectivity index (χ0) is 13.1. The Labute approximate surface area is 113 Å². The molecule has 0 amide bonds. The third-order valence-corrected chi connectivity index (χ3v) is 4.09. The monoisotopic (exact) mass is 272 g/mol. The number of hydrogen-bond acceptors (Lipinski definition) is 3. The van der Waals surface area contributed by atoms with E-state index in [4.69, 9.17) is 16.3 Å². The van der Waals surface area contributed by atoms with Crippen molar-refractivity contribution in [1.29, 1.82) is 0 Å². The Morgan fingerprint density at radius 1 is 1.61 bits per heavy atom. The lowest BCUT2D eigenvalue weighted by atomic mass is 9.97. The second-order valence-corrected chi connectivity index (χ2v) is 5.62. The predicted molar refractivity (Wildman–Crippen MR) is 70.6 cm³/mol. The highest BCUT2D eigenvalue weighted by Crippen LogP contribution is 2.40. The normalized spacial score (nSPS) is 25.6. The van der Waals surface area contributed by atoms with Crippen LogP contribution in [0.1, 0.15) is 38.0 Å². The summed E-state index contributed by atoms with van der Waals surface area (Å²) in [5.74, 6) is 0.995. The molecule has 5 heteroatoms. The minimum Gasteiger partial charge on any atom is -0.386 e. The average molecular weight is 273 g/mol. The highest BCUT2D eigenvalue weighted by Gasteiger charge is 2.31. The van der Waals surface area contributed by atoms with E-state index in [1.165, 1.54) is 6.42 Å². The molecule has 0 radical (unpaired) electrons. The SMILES string of the molecule is COCCn1ncc(Cl)c1C(O)C1CCC(C)C1. The van der Waals surface area contributed by atoms with E-state index in [1.54, 1.807) is 18.0 Å². The molecule has 1 aromatic heterocycles. The third-order valence-electron chi connectivity index (χ3n) is 3.80. The van der Waals surface area contributed by atoms with Crippen molar-refractivity contribution in [2.24, 2.45) is 11.8 Å². The topological polar surface area (TPSA) is 47.3 Å². The van der Waals surface area contributed by atoms with Gasteiger partial charge < -0.3 is 9.84 Å². The van der Waals surface area contributed by atoms with Gasteiger partial charge in [-0.15, -0.1) is 0 Å². The van der Waals surface area contributed by atoms with Gasteiger partial charge >= 0.3 is 0 Å². The fraction of sp³-hybridized carbons (Fsp3) is 0.769. The molecule has 0 saturated heterocycles. The summed E-state index contributed by atoms with van der Waals surface area (Å²) >= 11 is 6.15. The Kier molecular flexibility index (Phi) is 4.65. The molecule has 1 saturated carbocycles. The first kappa shape index (κ1) is 13.8. The molecule has 3 atom stereocenters. The molecule has 18 heavy (non-hydrogen) atoms. The lowest BCUT2D eigenvalue weighted by molar-refractivity contribution is 0.0969. The maximum atomic E-state index is 10.5. The van der Waals surface area contributed by atoms with Gasteiger partial charge in [-0.3, -0.25) is 4.68 Å². The van der Waals surface area contributed by atoms with Crippen LogP contribution in [-0.2, 0) is 11.3 Å². The van der Waals surface area contributed by atoms with Crippen molar-refractivity contribution in [1.82, 2.24) is 9.78 Å².